The molecule has 0 saturated carbocycles. The van der Waals surface area contributed by atoms with Crippen LogP contribution in [-0.2, 0) is 6.54 Å². The molecule has 1 unspecified atom stereocenters. The third-order valence-corrected chi connectivity index (χ3v) is 6.35. The van der Waals surface area contributed by atoms with Crippen LogP contribution < -0.4 is 10.6 Å². The minimum Gasteiger partial charge on any atom is -0.356 e. The molecule has 2 aromatic rings. The van der Waals surface area contributed by atoms with E-state index in [0.29, 0.717) is 12.0 Å². The molecule has 1 fully saturated rings. The lowest BCUT2D eigenvalue weighted by molar-refractivity contribution is 0.198. The van der Waals surface area contributed by atoms with Crippen molar-refractivity contribution < 1.29 is 0 Å². The highest BCUT2D eigenvalue weighted by molar-refractivity contribution is 14.0. The average Bonchev–Trinajstić information content (AvgIpc) is 3.21. The van der Waals surface area contributed by atoms with Gasteiger partial charge < -0.3 is 10.6 Å². The zero-order valence-electron chi connectivity index (χ0n) is 17.1. The lowest BCUT2D eigenvalue weighted by Crippen LogP contribution is -2.49. The van der Waals surface area contributed by atoms with Crippen LogP contribution in [-0.4, -0.2) is 43.6 Å². The van der Waals surface area contributed by atoms with Crippen molar-refractivity contribution in [2.75, 3.05) is 26.7 Å². The van der Waals surface area contributed by atoms with Gasteiger partial charge in [-0.05, 0) is 36.8 Å². The molecule has 1 aromatic heterocycles. The van der Waals surface area contributed by atoms with Crippen molar-refractivity contribution in [2.24, 2.45) is 4.99 Å². The molecular weight excluding hydrogens is 479 g/mol. The molecule has 1 aromatic carbocycles. The highest BCUT2D eigenvalue weighted by atomic mass is 127. The Morgan fingerprint density at radius 2 is 2.04 bits per heavy atom. The normalized spacial score (nSPS) is 17.0. The zero-order chi connectivity index (χ0) is 19.1. The predicted molar refractivity (Wildman–Crippen MR) is 132 cm³/mol. The number of nitrogens with zero attached hydrogens (tertiary/aromatic N) is 2. The second-order valence-corrected chi connectivity index (χ2v) is 8.53. The van der Waals surface area contributed by atoms with E-state index >= 15 is 0 Å². The number of hydrogen-bond donors (Lipinski definition) is 2. The van der Waals surface area contributed by atoms with E-state index in [1.807, 2.05) is 18.4 Å². The van der Waals surface area contributed by atoms with Gasteiger partial charge in [0.05, 0.1) is 0 Å². The lowest BCUT2D eigenvalue weighted by Gasteiger charge is -2.33. The Labute approximate surface area is 190 Å². The van der Waals surface area contributed by atoms with Crippen molar-refractivity contribution in [3.8, 4) is 0 Å². The Morgan fingerprint density at radius 1 is 1.25 bits per heavy atom. The summed E-state index contributed by atoms with van der Waals surface area (Å²) in [6.45, 7) is 8.65. The number of aliphatic imine (C=N–C) groups is 1. The van der Waals surface area contributed by atoms with Gasteiger partial charge in [0, 0.05) is 50.1 Å². The molecule has 1 saturated heterocycles. The standard InChI is InChI=1S/C22H32N4S.HI/c1-17-6-4-7-19(14-17)16-26-11-9-20(10-12-26)25-22(23-3)24-15-18(2)21-8-5-13-27-21;/h4-8,13-14,18,20H,9-12,15-16H2,1-3H3,(H2,23,24,25);1H. The molecule has 0 bridgehead atoms. The number of halogens is 1. The third-order valence-electron chi connectivity index (χ3n) is 5.25. The largest absolute Gasteiger partial charge is 0.356 e. The van der Waals surface area contributed by atoms with E-state index in [2.05, 4.69) is 76.2 Å². The molecule has 2 heterocycles. The number of nitrogens with one attached hydrogen (secondary N) is 2. The van der Waals surface area contributed by atoms with E-state index in [9.17, 15) is 0 Å². The van der Waals surface area contributed by atoms with E-state index in [-0.39, 0.29) is 24.0 Å². The number of aryl methyl sites for hydroxylation is 1. The first-order valence-electron chi connectivity index (χ1n) is 9.92. The average molecular weight is 513 g/mol. The maximum Gasteiger partial charge on any atom is 0.191 e. The summed E-state index contributed by atoms with van der Waals surface area (Å²) in [4.78, 5) is 8.39. The van der Waals surface area contributed by atoms with Crippen molar-refractivity contribution in [1.82, 2.24) is 15.5 Å². The smallest absolute Gasteiger partial charge is 0.191 e. The number of hydrogen-bond acceptors (Lipinski definition) is 3. The van der Waals surface area contributed by atoms with Gasteiger partial charge in [-0.25, -0.2) is 0 Å². The van der Waals surface area contributed by atoms with Crippen LogP contribution in [0.2, 0.25) is 0 Å². The van der Waals surface area contributed by atoms with Crippen LogP contribution >= 0.6 is 35.3 Å². The summed E-state index contributed by atoms with van der Waals surface area (Å²) in [6.07, 6.45) is 2.32. The number of likely N-dealkylation sites (tertiary alicyclic amines) is 1. The summed E-state index contributed by atoms with van der Waals surface area (Å²) in [6, 6.07) is 13.7. The highest BCUT2D eigenvalue weighted by Gasteiger charge is 2.20. The maximum atomic E-state index is 4.42. The minimum atomic E-state index is 0. The van der Waals surface area contributed by atoms with Crippen molar-refractivity contribution in [2.45, 2.75) is 45.2 Å². The maximum absolute atomic E-state index is 4.42. The summed E-state index contributed by atoms with van der Waals surface area (Å²) in [5, 5.41) is 9.25. The second kappa shape index (κ2) is 11.8. The van der Waals surface area contributed by atoms with Crippen LogP contribution in [0.5, 0.6) is 0 Å². The molecule has 154 valence electrons. The Morgan fingerprint density at radius 3 is 2.68 bits per heavy atom. The summed E-state index contributed by atoms with van der Waals surface area (Å²) < 4.78 is 0. The molecule has 4 nitrogen and oxygen atoms in total. The quantitative estimate of drug-likeness (QED) is 0.338. The van der Waals surface area contributed by atoms with Gasteiger partial charge in [0.15, 0.2) is 5.96 Å². The van der Waals surface area contributed by atoms with Crippen molar-refractivity contribution in [1.29, 1.82) is 0 Å². The molecule has 0 amide bonds. The predicted octanol–water partition coefficient (Wildman–Crippen LogP) is 4.61. The van der Waals surface area contributed by atoms with Crippen LogP contribution in [0, 0.1) is 6.92 Å². The molecule has 1 aliphatic rings. The van der Waals surface area contributed by atoms with Crippen LogP contribution in [0.15, 0.2) is 46.8 Å². The Bertz CT molecular complexity index is 724. The van der Waals surface area contributed by atoms with E-state index in [0.717, 1.165) is 45.0 Å². The van der Waals surface area contributed by atoms with Gasteiger partial charge in [-0.1, -0.05) is 42.8 Å². The fourth-order valence-corrected chi connectivity index (χ4v) is 4.40. The number of rotatable bonds is 6. The molecular formula is C22H33IN4S. The molecule has 6 heteroatoms. The van der Waals surface area contributed by atoms with Gasteiger partial charge in [0.2, 0.25) is 0 Å². The first kappa shape index (κ1) is 23.2. The van der Waals surface area contributed by atoms with Gasteiger partial charge >= 0.3 is 0 Å². The van der Waals surface area contributed by atoms with Gasteiger partial charge in [-0.15, -0.1) is 35.3 Å². The van der Waals surface area contributed by atoms with E-state index < -0.39 is 0 Å². The topological polar surface area (TPSA) is 39.7 Å². The zero-order valence-corrected chi connectivity index (χ0v) is 20.3. The van der Waals surface area contributed by atoms with Crippen LogP contribution in [0.1, 0.15) is 41.7 Å². The van der Waals surface area contributed by atoms with Crippen molar-refractivity contribution in [3.05, 3.63) is 57.8 Å². The monoisotopic (exact) mass is 512 g/mol. The van der Waals surface area contributed by atoms with Crippen LogP contribution in [0.4, 0.5) is 0 Å². The molecule has 0 aliphatic carbocycles. The van der Waals surface area contributed by atoms with E-state index in [4.69, 9.17) is 0 Å². The lowest BCUT2D eigenvalue weighted by atomic mass is 10.0. The second-order valence-electron chi connectivity index (χ2n) is 7.55. The SMILES string of the molecule is CN=C(NCC(C)c1cccs1)NC1CCN(Cc2cccc(C)c2)CC1.I. The molecule has 1 atom stereocenters. The number of benzene rings is 1. The molecule has 0 radical (unpaired) electrons. The summed E-state index contributed by atoms with van der Waals surface area (Å²) in [7, 11) is 1.86. The Kier molecular flexibility index (Phi) is 9.74. The number of guanidine groups is 1. The van der Waals surface area contributed by atoms with Gasteiger partial charge in [0.25, 0.3) is 0 Å². The van der Waals surface area contributed by atoms with E-state index in [1.54, 1.807) is 0 Å². The molecule has 2 N–H and O–H groups in total. The summed E-state index contributed by atoms with van der Waals surface area (Å²) in [5.41, 5.74) is 2.76. The molecule has 28 heavy (non-hydrogen) atoms. The van der Waals surface area contributed by atoms with Crippen molar-refractivity contribution >= 4 is 41.3 Å². The van der Waals surface area contributed by atoms with Crippen LogP contribution in [0.25, 0.3) is 0 Å². The van der Waals surface area contributed by atoms with Crippen molar-refractivity contribution in [3.63, 3.8) is 0 Å². The van der Waals surface area contributed by atoms with Gasteiger partial charge in [-0.3, -0.25) is 9.89 Å². The fourth-order valence-electron chi connectivity index (χ4n) is 3.61. The molecule has 1 aliphatic heterocycles. The van der Waals surface area contributed by atoms with Crippen LogP contribution in [0.3, 0.4) is 0 Å². The Hall–Kier alpha value is -1.12. The highest BCUT2D eigenvalue weighted by Crippen LogP contribution is 2.19. The Balaban J connectivity index is 0.00000280. The minimum absolute atomic E-state index is 0. The molecule has 3 rings (SSSR count). The first-order chi connectivity index (χ1) is 13.1. The summed E-state index contributed by atoms with van der Waals surface area (Å²) in [5.74, 6) is 1.43. The fraction of sp³-hybridized carbons (Fsp3) is 0.500. The van der Waals surface area contributed by atoms with E-state index in [1.165, 1.54) is 16.0 Å². The first-order valence-corrected chi connectivity index (χ1v) is 10.8. The number of piperidine rings is 1. The third kappa shape index (κ3) is 7.04. The summed E-state index contributed by atoms with van der Waals surface area (Å²) >= 11 is 1.82. The molecule has 0 spiro atoms. The van der Waals surface area contributed by atoms with Gasteiger partial charge in [-0.2, -0.15) is 0 Å². The number of thiophene rings is 1. The van der Waals surface area contributed by atoms with Gasteiger partial charge in [0.1, 0.15) is 0 Å².